The van der Waals surface area contributed by atoms with E-state index in [-0.39, 0.29) is 0 Å². The molecule has 5 nitrogen and oxygen atoms in total. The Bertz CT molecular complexity index is 526. The average Bonchev–Trinajstić information content (AvgIpc) is 3.06. The highest BCUT2D eigenvalue weighted by molar-refractivity contribution is 5.11. The fraction of sp³-hybridized carbons (Fsp3) is 0.600. The molecule has 0 saturated carbocycles. The molecule has 0 bridgehead atoms. The summed E-state index contributed by atoms with van der Waals surface area (Å²) in [5, 5.41) is 7.95. The molecule has 0 aliphatic carbocycles. The normalized spacial score (nSPS) is 11.2. The minimum Gasteiger partial charge on any atom is -0.331 e. The summed E-state index contributed by atoms with van der Waals surface area (Å²) >= 11 is 0. The fourth-order valence-corrected chi connectivity index (χ4v) is 2.25. The van der Waals surface area contributed by atoms with Crippen molar-refractivity contribution in [2.75, 3.05) is 6.54 Å². The number of aromatic nitrogens is 4. The van der Waals surface area contributed by atoms with Crippen LogP contribution in [-0.2, 0) is 26.1 Å². The first-order chi connectivity index (χ1) is 9.76. The average molecular weight is 275 g/mol. The number of nitrogens with zero attached hydrogens (tertiary/aromatic N) is 4. The first kappa shape index (κ1) is 14.8. The van der Waals surface area contributed by atoms with Crippen LogP contribution < -0.4 is 5.32 Å². The highest BCUT2D eigenvalue weighted by Crippen LogP contribution is 2.08. The Morgan fingerprint density at radius 2 is 2.05 bits per heavy atom. The van der Waals surface area contributed by atoms with Crippen molar-refractivity contribution in [3.05, 3.63) is 35.7 Å². The Morgan fingerprint density at radius 1 is 1.20 bits per heavy atom. The molecule has 0 spiro atoms. The summed E-state index contributed by atoms with van der Waals surface area (Å²) < 4.78 is 4.21. The van der Waals surface area contributed by atoms with Crippen LogP contribution in [0.15, 0.2) is 18.6 Å². The molecule has 0 fully saturated rings. The zero-order valence-corrected chi connectivity index (χ0v) is 12.8. The lowest BCUT2D eigenvalue weighted by atomic mass is 10.3. The van der Waals surface area contributed by atoms with Gasteiger partial charge in [0.2, 0.25) is 0 Å². The van der Waals surface area contributed by atoms with Crippen LogP contribution in [0.1, 0.15) is 44.3 Å². The van der Waals surface area contributed by atoms with E-state index in [4.69, 9.17) is 0 Å². The minimum atomic E-state index is 0.835. The summed E-state index contributed by atoms with van der Waals surface area (Å²) in [5.74, 6) is 0. The van der Waals surface area contributed by atoms with Gasteiger partial charge in [-0.15, -0.1) is 0 Å². The molecule has 5 heteroatoms. The molecule has 20 heavy (non-hydrogen) atoms. The highest BCUT2D eigenvalue weighted by atomic mass is 15.3. The van der Waals surface area contributed by atoms with Crippen molar-refractivity contribution in [2.24, 2.45) is 0 Å². The third-order valence-corrected chi connectivity index (χ3v) is 3.34. The lowest BCUT2D eigenvalue weighted by Crippen LogP contribution is -2.14. The van der Waals surface area contributed by atoms with E-state index in [2.05, 4.69) is 57.7 Å². The lowest BCUT2D eigenvalue weighted by Gasteiger charge is -2.04. The zero-order valence-electron chi connectivity index (χ0n) is 12.8. The van der Waals surface area contributed by atoms with Gasteiger partial charge >= 0.3 is 0 Å². The number of hydrogen-bond acceptors (Lipinski definition) is 3. The third kappa shape index (κ3) is 3.70. The molecule has 0 radical (unpaired) electrons. The van der Waals surface area contributed by atoms with Crippen LogP contribution in [0.3, 0.4) is 0 Å². The van der Waals surface area contributed by atoms with Crippen LogP contribution >= 0.6 is 0 Å². The molecule has 0 aliphatic rings. The Labute approximate surface area is 121 Å². The van der Waals surface area contributed by atoms with Gasteiger partial charge in [-0.1, -0.05) is 13.8 Å². The molecule has 2 aromatic rings. The fourth-order valence-electron chi connectivity index (χ4n) is 2.25. The molecule has 0 aromatic carbocycles. The molecule has 2 aromatic heterocycles. The Hall–Kier alpha value is -1.62. The van der Waals surface area contributed by atoms with E-state index in [0.717, 1.165) is 50.4 Å². The Kier molecular flexibility index (Phi) is 5.35. The maximum absolute atomic E-state index is 4.58. The Morgan fingerprint density at radius 3 is 2.75 bits per heavy atom. The van der Waals surface area contributed by atoms with Gasteiger partial charge in [0.05, 0.1) is 30.0 Å². The van der Waals surface area contributed by atoms with E-state index in [1.165, 1.54) is 5.69 Å². The van der Waals surface area contributed by atoms with Crippen LogP contribution in [0.2, 0.25) is 0 Å². The summed E-state index contributed by atoms with van der Waals surface area (Å²) in [5.41, 5.74) is 3.50. The van der Waals surface area contributed by atoms with Gasteiger partial charge in [0.15, 0.2) is 0 Å². The summed E-state index contributed by atoms with van der Waals surface area (Å²) in [7, 11) is 0. The van der Waals surface area contributed by atoms with Crippen molar-refractivity contribution in [3.8, 4) is 0 Å². The van der Waals surface area contributed by atoms with Gasteiger partial charge in [-0.3, -0.25) is 4.68 Å². The van der Waals surface area contributed by atoms with Crippen LogP contribution in [0.4, 0.5) is 0 Å². The Balaban J connectivity index is 2.00. The molecule has 0 amide bonds. The van der Waals surface area contributed by atoms with Crippen molar-refractivity contribution >= 4 is 0 Å². The number of imidazole rings is 1. The number of nitrogens with one attached hydrogen (secondary N) is 1. The van der Waals surface area contributed by atoms with Crippen LogP contribution in [0, 0.1) is 0 Å². The highest BCUT2D eigenvalue weighted by Gasteiger charge is 2.07. The first-order valence-electron chi connectivity index (χ1n) is 7.53. The van der Waals surface area contributed by atoms with Gasteiger partial charge in [0.1, 0.15) is 0 Å². The molecule has 1 N–H and O–H groups in total. The van der Waals surface area contributed by atoms with Gasteiger partial charge < -0.3 is 9.88 Å². The predicted molar refractivity (Wildman–Crippen MR) is 80.6 cm³/mol. The lowest BCUT2D eigenvalue weighted by molar-refractivity contribution is 0.594. The second-order valence-electron chi connectivity index (χ2n) is 5.01. The molecule has 110 valence electrons. The summed E-state index contributed by atoms with van der Waals surface area (Å²) in [4.78, 5) is 4.44. The topological polar surface area (TPSA) is 47.7 Å². The van der Waals surface area contributed by atoms with Crippen LogP contribution in [0.5, 0.6) is 0 Å². The smallest absolute Gasteiger partial charge is 0.0953 e. The molecule has 0 aliphatic heterocycles. The molecule has 0 atom stereocenters. The van der Waals surface area contributed by atoms with Gasteiger partial charge in [0, 0.05) is 19.3 Å². The second-order valence-corrected chi connectivity index (χ2v) is 5.01. The molecule has 2 rings (SSSR count). The third-order valence-electron chi connectivity index (χ3n) is 3.34. The van der Waals surface area contributed by atoms with E-state index < -0.39 is 0 Å². The van der Waals surface area contributed by atoms with Crippen molar-refractivity contribution < 1.29 is 0 Å². The van der Waals surface area contributed by atoms with Crippen LogP contribution in [-0.4, -0.2) is 25.9 Å². The summed E-state index contributed by atoms with van der Waals surface area (Å²) in [6.45, 7) is 10.1. The quantitative estimate of drug-likeness (QED) is 0.751. The van der Waals surface area contributed by atoms with E-state index >= 15 is 0 Å². The summed E-state index contributed by atoms with van der Waals surface area (Å²) in [6, 6.07) is 2.19. The van der Waals surface area contributed by atoms with Gasteiger partial charge in [-0.05, 0) is 32.4 Å². The molecular weight excluding hydrogens is 250 g/mol. The minimum absolute atomic E-state index is 0.835. The van der Waals surface area contributed by atoms with Crippen LogP contribution in [0.25, 0.3) is 0 Å². The van der Waals surface area contributed by atoms with Crippen molar-refractivity contribution in [1.82, 2.24) is 24.6 Å². The number of rotatable bonds is 8. The summed E-state index contributed by atoms with van der Waals surface area (Å²) in [6.07, 6.45) is 6.15. The maximum atomic E-state index is 4.58. The van der Waals surface area contributed by atoms with Gasteiger partial charge in [0.25, 0.3) is 0 Å². The first-order valence-corrected chi connectivity index (χ1v) is 7.53. The van der Waals surface area contributed by atoms with Crippen molar-refractivity contribution in [2.45, 2.75) is 53.2 Å². The second kappa shape index (κ2) is 7.24. The van der Waals surface area contributed by atoms with Gasteiger partial charge in [-0.2, -0.15) is 5.10 Å². The SMILES string of the molecule is CCCNCc1cn(Cc2cc(CC)nn2CC)cn1. The predicted octanol–water partition coefficient (Wildman–Crippen LogP) is 2.21. The van der Waals surface area contributed by atoms with E-state index in [1.54, 1.807) is 0 Å². The zero-order chi connectivity index (χ0) is 14.4. The molecule has 2 heterocycles. The largest absolute Gasteiger partial charge is 0.331 e. The molecule has 0 saturated heterocycles. The maximum Gasteiger partial charge on any atom is 0.0953 e. The molecular formula is C15H25N5. The number of aryl methyl sites for hydroxylation is 2. The van der Waals surface area contributed by atoms with E-state index in [1.807, 2.05) is 6.33 Å². The van der Waals surface area contributed by atoms with Crippen molar-refractivity contribution in [3.63, 3.8) is 0 Å². The van der Waals surface area contributed by atoms with E-state index in [9.17, 15) is 0 Å². The standard InChI is InChI=1S/C15H25N5/c1-4-7-16-9-14-10-19(12-17-14)11-15-8-13(5-2)18-20(15)6-3/h8,10,12,16H,4-7,9,11H2,1-3H3. The monoisotopic (exact) mass is 275 g/mol. The van der Waals surface area contributed by atoms with E-state index in [0.29, 0.717) is 0 Å². The van der Waals surface area contributed by atoms with Gasteiger partial charge in [-0.25, -0.2) is 4.98 Å². The number of hydrogen-bond donors (Lipinski definition) is 1. The molecule has 0 unspecified atom stereocenters. The van der Waals surface area contributed by atoms with Crippen molar-refractivity contribution in [1.29, 1.82) is 0 Å².